The van der Waals surface area contributed by atoms with Crippen LogP contribution in [0.3, 0.4) is 0 Å². The van der Waals surface area contributed by atoms with E-state index in [4.69, 9.17) is 9.47 Å². The first-order chi connectivity index (χ1) is 10.8. The number of rotatable bonds is 3. The van der Waals surface area contributed by atoms with Crippen LogP contribution in [0.1, 0.15) is 62.5 Å². The fourth-order valence-corrected chi connectivity index (χ4v) is 2.81. The van der Waals surface area contributed by atoms with E-state index in [0.717, 1.165) is 18.4 Å². The molecule has 0 saturated carbocycles. The van der Waals surface area contributed by atoms with Crippen molar-refractivity contribution in [1.29, 1.82) is 0 Å². The summed E-state index contributed by atoms with van der Waals surface area (Å²) in [6, 6.07) is 7.18. The van der Waals surface area contributed by atoms with Gasteiger partial charge in [0, 0.05) is 6.54 Å². The summed E-state index contributed by atoms with van der Waals surface area (Å²) in [5, 5.41) is 0. The van der Waals surface area contributed by atoms with Gasteiger partial charge in [0.1, 0.15) is 5.60 Å². The molecule has 126 valence electrons. The number of carbonyl (C=O) groups is 2. The molecule has 1 unspecified atom stereocenters. The molecule has 0 aliphatic carbocycles. The predicted molar refractivity (Wildman–Crippen MR) is 87.3 cm³/mol. The molecule has 5 nitrogen and oxygen atoms in total. The number of likely N-dealkylation sites (tertiary alicyclic amines) is 1. The quantitative estimate of drug-likeness (QED) is 0.792. The molecule has 1 aromatic rings. The Balaban J connectivity index is 2.27. The summed E-state index contributed by atoms with van der Waals surface area (Å²) in [5.41, 5.74) is 0.814. The molecule has 1 aliphatic rings. The second-order valence-electron chi connectivity index (χ2n) is 6.64. The zero-order chi connectivity index (χ0) is 17.0. The van der Waals surface area contributed by atoms with Crippen molar-refractivity contribution in [2.75, 3.05) is 13.2 Å². The van der Waals surface area contributed by atoms with Gasteiger partial charge in [-0.25, -0.2) is 9.59 Å². The Morgan fingerprint density at radius 2 is 1.96 bits per heavy atom. The molecule has 1 aliphatic heterocycles. The summed E-state index contributed by atoms with van der Waals surface area (Å²) < 4.78 is 10.6. The van der Waals surface area contributed by atoms with Crippen molar-refractivity contribution in [1.82, 2.24) is 4.90 Å². The first kappa shape index (κ1) is 17.3. The number of ether oxygens (including phenoxy) is 2. The van der Waals surface area contributed by atoms with E-state index in [-0.39, 0.29) is 18.1 Å². The Labute approximate surface area is 137 Å². The van der Waals surface area contributed by atoms with Gasteiger partial charge in [-0.3, -0.25) is 0 Å². The van der Waals surface area contributed by atoms with E-state index in [2.05, 4.69) is 0 Å². The van der Waals surface area contributed by atoms with Gasteiger partial charge in [-0.1, -0.05) is 18.2 Å². The van der Waals surface area contributed by atoms with Crippen LogP contribution < -0.4 is 0 Å². The highest BCUT2D eigenvalue weighted by Crippen LogP contribution is 2.35. The minimum atomic E-state index is -0.537. The minimum Gasteiger partial charge on any atom is -0.462 e. The lowest BCUT2D eigenvalue weighted by atomic mass is 9.98. The van der Waals surface area contributed by atoms with Gasteiger partial charge in [0.15, 0.2) is 0 Å². The molecule has 0 bridgehead atoms. The molecule has 1 atom stereocenters. The highest BCUT2D eigenvalue weighted by molar-refractivity contribution is 5.91. The van der Waals surface area contributed by atoms with Crippen molar-refractivity contribution >= 4 is 12.1 Å². The summed E-state index contributed by atoms with van der Waals surface area (Å²) in [6.45, 7) is 8.29. The van der Waals surface area contributed by atoms with Gasteiger partial charge < -0.3 is 14.4 Å². The normalized spacial score (nSPS) is 17.9. The van der Waals surface area contributed by atoms with Crippen LogP contribution in [-0.4, -0.2) is 35.7 Å². The molecule has 2 rings (SSSR count). The van der Waals surface area contributed by atoms with Gasteiger partial charge in [0.25, 0.3) is 0 Å². The van der Waals surface area contributed by atoms with Gasteiger partial charge in [0.05, 0.1) is 18.2 Å². The Bertz CT molecular complexity index is 577. The fraction of sp³-hybridized carbons (Fsp3) is 0.556. The maximum atomic E-state index is 12.4. The van der Waals surface area contributed by atoms with Crippen LogP contribution in [-0.2, 0) is 9.47 Å². The van der Waals surface area contributed by atoms with Crippen molar-refractivity contribution in [3.8, 4) is 0 Å². The lowest BCUT2D eigenvalue weighted by Crippen LogP contribution is -2.36. The highest BCUT2D eigenvalue weighted by atomic mass is 16.6. The molecule has 1 saturated heterocycles. The fourth-order valence-electron chi connectivity index (χ4n) is 2.81. The first-order valence-electron chi connectivity index (χ1n) is 8.09. The summed E-state index contributed by atoms with van der Waals surface area (Å²) in [5.74, 6) is -0.348. The summed E-state index contributed by atoms with van der Waals surface area (Å²) in [4.78, 5) is 26.3. The van der Waals surface area contributed by atoms with Gasteiger partial charge in [0.2, 0.25) is 0 Å². The molecule has 0 radical (unpaired) electrons. The topological polar surface area (TPSA) is 55.8 Å². The number of hydrogen-bond acceptors (Lipinski definition) is 4. The van der Waals surface area contributed by atoms with E-state index >= 15 is 0 Å². The molecule has 1 aromatic carbocycles. The first-order valence-corrected chi connectivity index (χ1v) is 8.09. The van der Waals surface area contributed by atoms with Crippen molar-refractivity contribution in [2.45, 2.75) is 52.2 Å². The summed E-state index contributed by atoms with van der Waals surface area (Å²) in [7, 11) is 0. The maximum Gasteiger partial charge on any atom is 0.410 e. The summed E-state index contributed by atoms with van der Waals surface area (Å²) >= 11 is 0. The number of amides is 1. The Morgan fingerprint density at radius 1 is 1.26 bits per heavy atom. The third kappa shape index (κ3) is 4.24. The monoisotopic (exact) mass is 319 g/mol. The predicted octanol–water partition coefficient (Wildman–Crippen LogP) is 3.94. The van der Waals surface area contributed by atoms with Crippen LogP contribution in [0.5, 0.6) is 0 Å². The van der Waals surface area contributed by atoms with Crippen LogP contribution >= 0.6 is 0 Å². The van der Waals surface area contributed by atoms with E-state index in [1.54, 1.807) is 17.9 Å². The zero-order valence-corrected chi connectivity index (χ0v) is 14.3. The van der Waals surface area contributed by atoms with E-state index in [1.807, 2.05) is 39.0 Å². The van der Waals surface area contributed by atoms with Crippen molar-refractivity contribution in [3.05, 3.63) is 35.4 Å². The van der Waals surface area contributed by atoms with Crippen molar-refractivity contribution in [3.63, 3.8) is 0 Å². The summed E-state index contributed by atoms with van der Waals surface area (Å²) in [6.07, 6.45) is 1.37. The largest absolute Gasteiger partial charge is 0.462 e. The molecule has 23 heavy (non-hydrogen) atoms. The van der Waals surface area contributed by atoms with E-state index in [9.17, 15) is 9.59 Å². The third-order valence-electron chi connectivity index (χ3n) is 3.70. The molecular weight excluding hydrogens is 294 g/mol. The molecule has 1 amide bonds. The van der Waals surface area contributed by atoms with Crippen molar-refractivity contribution < 1.29 is 19.1 Å². The lowest BCUT2D eigenvalue weighted by molar-refractivity contribution is 0.0220. The minimum absolute atomic E-state index is 0.148. The molecule has 0 spiro atoms. The maximum absolute atomic E-state index is 12.4. The lowest BCUT2D eigenvalue weighted by Gasteiger charge is -2.29. The second kappa shape index (κ2) is 7.02. The van der Waals surface area contributed by atoms with E-state index in [1.165, 1.54) is 0 Å². The molecule has 5 heteroatoms. The Hall–Kier alpha value is -2.04. The van der Waals surface area contributed by atoms with Crippen molar-refractivity contribution in [2.24, 2.45) is 0 Å². The average molecular weight is 319 g/mol. The van der Waals surface area contributed by atoms with Crippen LogP contribution in [0.25, 0.3) is 0 Å². The van der Waals surface area contributed by atoms with Gasteiger partial charge in [-0.15, -0.1) is 0 Å². The van der Waals surface area contributed by atoms with Crippen LogP contribution in [0.2, 0.25) is 0 Å². The molecule has 0 N–H and O–H groups in total. The van der Waals surface area contributed by atoms with Gasteiger partial charge in [-0.2, -0.15) is 0 Å². The van der Waals surface area contributed by atoms with Gasteiger partial charge >= 0.3 is 12.1 Å². The average Bonchev–Trinajstić information content (AvgIpc) is 2.95. The number of hydrogen-bond donors (Lipinski definition) is 0. The van der Waals surface area contributed by atoms with Crippen LogP contribution in [0, 0.1) is 0 Å². The SMILES string of the molecule is CCOC(=O)c1ccccc1C1CCCN1C(=O)OC(C)(C)C. The third-order valence-corrected chi connectivity index (χ3v) is 3.70. The van der Waals surface area contributed by atoms with E-state index < -0.39 is 5.60 Å². The standard InChI is InChI=1S/C18H25NO4/c1-5-22-16(20)14-10-7-6-9-13(14)15-11-8-12-19(15)17(21)23-18(2,3)4/h6-7,9-10,15H,5,8,11-12H2,1-4H3. The number of esters is 1. The van der Waals surface area contributed by atoms with Gasteiger partial charge in [-0.05, 0) is 52.2 Å². The number of benzene rings is 1. The van der Waals surface area contributed by atoms with E-state index in [0.29, 0.717) is 18.7 Å². The Kier molecular flexibility index (Phi) is 5.29. The van der Waals surface area contributed by atoms with Crippen LogP contribution in [0.4, 0.5) is 4.79 Å². The molecule has 1 fully saturated rings. The zero-order valence-electron chi connectivity index (χ0n) is 14.3. The second-order valence-corrected chi connectivity index (χ2v) is 6.64. The number of carbonyl (C=O) groups excluding carboxylic acids is 2. The highest BCUT2D eigenvalue weighted by Gasteiger charge is 2.35. The molecule has 0 aromatic heterocycles. The van der Waals surface area contributed by atoms with Crippen LogP contribution in [0.15, 0.2) is 24.3 Å². The molecule has 1 heterocycles. The smallest absolute Gasteiger partial charge is 0.410 e. The number of nitrogens with zero attached hydrogens (tertiary/aromatic N) is 1. The molecular formula is C18H25NO4. The Morgan fingerprint density at radius 3 is 2.61 bits per heavy atom.